The molecule has 1 heteroatoms. The van der Waals surface area contributed by atoms with Crippen LogP contribution in [0.4, 0.5) is 0 Å². The van der Waals surface area contributed by atoms with Gasteiger partial charge in [-0.2, -0.15) is 0 Å². The maximum absolute atomic E-state index is 2.27. The van der Waals surface area contributed by atoms with Crippen LogP contribution in [0.5, 0.6) is 0 Å². The largest absolute Gasteiger partial charge is 0.132 e. The van der Waals surface area contributed by atoms with Crippen molar-refractivity contribution >= 4 is 18.7 Å². The smallest absolute Gasteiger partial charge is 0.00157 e. The third-order valence-corrected chi connectivity index (χ3v) is 2.79. The minimum absolute atomic E-state index is 0.896. The fourth-order valence-electron chi connectivity index (χ4n) is 1.16. The first-order chi connectivity index (χ1) is 4.86. The van der Waals surface area contributed by atoms with Crippen molar-refractivity contribution in [1.29, 1.82) is 0 Å². The van der Waals surface area contributed by atoms with E-state index >= 15 is 0 Å². The molecular formula is C9H9P. The van der Waals surface area contributed by atoms with E-state index in [1.807, 2.05) is 0 Å². The zero-order chi connectivity index (χ0) is 6.97. The van der Waals surface area contributed by atoms with Gasteiger partial charge in [0.2, 0.25) is 0 Å². The molecule has 1 aromatic heterocycles. The van der Waals surface area contributed by atoms with Crippen LogP contribution in [0.15, 0.2) is 30.1 Å². The number of hydrogen-bond acceptors (Lipinski definition) is 0. The highest BCUT2D eigenvalue weighted by Crippen LogP contribution is 2.25. The quantitative estimate of drug-likeness (QED) is 0.538. The van der Waals surface area contributed by atoms with Crippen LogP contribution in [0.25, 0.3) is 10.5 Å². The van der Waals surface area contributed by atoms with Crippen LogP contribution in [0, 0.1) is 6.92 Å². The summed E-state index contributed by atoms with van der Waals surface area (Å²) in [5, 5.41) is 2.91. The van der Waals surface area contributed by atoms with Gasteiger partial charge in [0.15, 0.2) is 0 Å². The zero-order valence-corrected chi connectivity index (χ0v) is 6.89. The molecule has 0 aliphatic heterocycles. The Morgan fingerprint density at radius 2 is 2.10 bits per heavy atom. The van der Waals surface area contributed by atoms with Crippen molar-refractivity contribution < 1.29 is 0 Å². The predicted molar refractivity (Wildman–Crippen MR) is 48.2 cm³/mol. The van der Waals surface area contributed by atoms with Crippen molar-refractivity contribution in [2.45, 2.75) is 6.92 Å². The van der Waals surface area contributed by atoms with E-state index < -0.39 is 0 Å². The van der Waals surface area contributed by atoms with Gasteiger partial charge in [0.25, 0.3) is 0 Å². The minimum Gasteiger partial charge on any atom is -0.132 e. The summed E-state index contributed by atoms with van der Waals surface area (Å²) in [5.74, 6) is 2.24. The zero-order valence-electron chi connectivity index (χ0n) is 5.89. The molecule has 0 spiro atoms. The number of fused-ring (bicyclic) bond motifs is 1. The number of benzene rings is 1. The lowest BCUT2D eigenvalue weighted by Gasteiger charge is -1.90. The molecule has 2 aromatic rings. The molecule has 10 heavy (non-hydrogen) atoms. The van der Waals surface area contributed by atoms with Gasteiger partial charge in [0, 0.05) is 0 Å². The average Bonchev–Trinajstić information content (AvgIpc) is 2.33. The van der Waals surface area contributed by atoms with Crippen molar-refractivity contribution in [3.63, 3.8) is 0 Å². The van der Waals surface area contributed by atoms with Crippen molar-refractivity contribution in [3.8, 4) is 0 Å². The summed E-state index contributed by atoms with van der Waals surface area (Å²) in [6.45, 7) is 2.14. The molecule has 1 aromatic carbocycles. The summed E-state index contributed by atoms with van der Waals surface area (Å²) in [7, 11) is 0.896. The molecule has 0 amide bonds. The molecule has 0 bridgehead atoms. The topological polar surface area (TPSA) is 0 Å². The lowest BCUT2D eigenvalue weighted by molar-refractivity contribution is 1.52. The Morgan fingerprint density at radius 1 is 1.20 bits per heavy atom. The first kappa shape index (κ1) is 6.00. The third-order valence-electron chi connectivity index (χ3n) is 1.71. The van der Waals surface area contributed by atoms with Crippen molar-refractivity contribution in [3.05, 3.63) is 35.6 Å². The Labute approximate surface area is 62.0 Å². The van der Waals surface area contributed by atoms with Gasteiger partial charge in [-0.3, -0.25) is 0 Å². The first-order valence-corrected chi connectivity index (χ1v) is 4.48. The summed E-state index contributed by atoms with van der Waals surface area (Å²) in [5.41, 5.74) is 1.37. The van der Waals surface area contributed by atoms with Gasteiger partial charge in [0.05, 0.1) is 0 Å². The van der Waals surface area contributed by atoms with Crippen LogP contribution in [0.3, 0.4) is 0 Å². The monoisotopic (exact) mass is 148 g/mol. The molecule has 2 rings (SSSR count). The van der Waals surface area contributed by atoms with E-state index in [9.17, 15) is 0 Å². The SMILES string of the molecule is Cc1ccc2cc[pH]c2c1. The van der Waals surface area contributed by atoms with Crippen LogP contribution in [0.1, 0.15) is 5.56 Å². The van der Waals surface area contributed by atoms with Crippen LogP contribution in [-0.4, -0.2) is 0 Å². The molecular weight excluding hydrogens is 139 g/mol. The summed E-state index contributed by atoms with van der Waals surface area (Å²) in [6.07, 6.45) is 0. The molecule has 1 heterocycles. The van der Waals surface area contributed by atoms with Crippen LogP contribution >= 0.6 is 8.19 Å². The van der Waals surface area contributed by atoms with E-state index in [1.165, 1.54) is 16.1 Å². The normalized spacial score (nSPS) is 11.3. The molecule has 0 aliphatic carbocycles. The van der Waals surface area contributed by atoms with Crippen LogP contribution in [-0.2, 0) is 0 Å². The second-order valence-corrected chi connectivity index (χ2v) is 3.73. The van der Waals surface area contributed by atoms with Crippen LogP contribution in [0.2, 0.25) is 0 Å². The highest BCUT2D eigenvalue weighted by Gasteiger charge is 1.90. The second kappa shape index (κ2) is 2.14. The molecule has 1 unspecified atom stereocenters. The molecule has 0 N–H and O–H groups in total. The summed E-state index contributed by atoms with van der Waals surface area (Å²) >= 11 is 0. The molecule has 50 valence electrons. The van der Waals surface area contributed by atoms with E-state index in [0.717, 1.165) is 8.19 Å². The first-order valence-electron chi connectivity index (χ1n) is 3.40. The fraction of sp³-hybridized carbons (Fsp3) is 0.111. The molecule has 0 radical (unpaired) electrons. The molecule has 0 aliphatic rings. The standard InChI is InChI=1S/C9H9P/c1-7-2-3-8-4-5-10-9(8)6-7/h2-6,10H,1H3. The third kappa shape index (κ3) is 0.853. The van der Waals surface area contributed by atoms with Crippen molar-refractivity contribution in [1.82, 2.24) is 0 Å². The van der Waals surface area contributed by atoms with Crippen LogP contribution < -0.4 is 0 Å². The van der Waals surface area contributed by atoms with E-state index in [4.69, 9.17) is 0 Å². The lowest BCUT2D eigenvalue weighted by atomic mass is 10.2. The van der Waals surface area contributed by atoms with Gasteiger partial charge in [-0.1, -0.05) is 23.8 Å². The summed E-state index contributed by atoms with van der Waals surface area (Å²) in [4.78, 5) is 0. The van der Waals surface area contributed by atoms with Gasteiger partial charge in [-0.15, -0.1) is 8.19 Å². The Balaban J connectivity index is 2.86. The molecule has 0 saturated heterocycles. The Kier molecular flexibility index (Phi) is 1.28. The highest BCUT2D eigenvalue weighted by atomic mass is 31.0. The van der Waals surface area contributed by atoms with E-state index in [1.54, 1.807) is 0 Å². The van der Waals surface area contributed by atoms with Gasteiger partial charge in [-0.05, 0) is 29.3 Å². The summed E-state index contributed by atoms with van der Waals surface area (Å²) in [6, 6.07) is 8.83. The maximum Gasteiger partial charge on any atom is -0.00157 e. The van der Waals surface area contributed by atoms with Gasteiger partial charge >= 0.3 is 0 Å². The van der Waals surface area contributed by atoms with Gasteiger partial charge < -0.3 is 0 Å². The Morgan fingerprint density at radius 3 is 3.00 bits per heavy atom. The van der Waals surface area contributed by atoms with E-state index in [0.29, 0.717) is 0 Å². The van der Waals surface area contributed by atoms with Crippen molar-refractivity contribution in [2.75, 3.05) is 0 Å². The maximum atomic E-state index is 2.27. The fourth-order valence-corrected chi connectivity index (χ4v) is 2.25. The second-order valence-electron chi connectivity index (χ2n) is 2.57. The van der Waals surface area contributed by atoms with Crippen molar-refractivity contribution in [2.24, 2.45) is 0 Å². The molecule has 0 fully saturated rings. The number of rotatable bonds is 0. The highest BCUT2D eigenvalue weighted by molar-refractivity contribution is 7.36. The van der Waals surface area contributed by atoms with E-state index in [-0.39, 0.29) is 0 Å². The Bertz CT molecular complexity index is 346. The number of aryl methyl sites for hydroxylation is 1. The van der Waals surface area contributed by atoms with Gasteiger partial charge in [-0.25, -0.2) is 0 Å². The van der Waals surface area contributed by atoms with Gasteiger partial charge in [0.1, 0.15) is 0 Å². The summed E-state index contributed by atoms with van der Waals surface area (Å²) < 4.78 is 0. The molecule has 0 saturated carbocycles. The Hall–Kier alpha value is -0.740. The predicted octanol–water partition coefficient (Wildman–Crippen LogP) is 3.18. The lowest BCUT2D eigenvalue weighted by Crippen LogP contribution is -1.66. The van der Waals surface area contributed by atoms with E-state index in [2.05, 4.69) is 37.0 Å². The number of hydrogen-bond donors (Lipinski definition) is 0. The average molecular weight is 148 g/mol. The molecule has 0 nitrogen and oxygen atoms in total. The molecule has 1 atom stereocenters. The minimum atomic E-state index is 0.896.